The van der Waals surface area contributed by atoms with Crippen LogP contribution in [0.3, 0.4) is 0 Å². The van der Waals surface area contributed by atoms with Gasteiger partial charge in [-0.3, -0.25) is 4.79 Å². The first-order chi connectivity index (χ1) is 12.5. The van der Waals surface area contributed by atoms with Crippen molar-refractivity contribution in [3.63, 3.8) is 0 Å². The highest BCUT2D eigenvalue weighted by Crippen LogP contribution is 2.14. The zero-order chi connectivity index (χ0) is 19.4. The molecule has 0 bridgehead atoms. The topological polar surface area (TPSA) is 78.2 Å². The van der Waals surface area contributed by atoms with Crippen molar-refractivity contribution in [1.82, 2.24) is 5.32 Å². The van der Waals surface area contributed by atoms with Crippen LogP contribution in [0.25, 0.3) is 10.9 Å². The van der Waals surface area contributed by atoms with Crippen molar-refractivity contribution in [2.75, 3.05) is 33.5 Å². The van der Waals surface area contributed by atoms with Gasteiger partial charge in [-0.2, -0.15) is 0 Å². The number of ether oxygens (including phenoxy) is 3. The van der Waals surface area contributed by atoms with Crippen LogP contribution in [0.5, 0.6) is 5.75 Å². The number of nitrogens with one attached hydrogen (secondary N) is 1. The summed E-state index contributed by atoms with van der Waals surface area (Å²) in [4.78, 5) is 26.4. The van der Waals surface area contributed by atoms with E-state index in [0.717, 1.165) is 5.56 Å². The van der Waals surface area contributed by atoms with Crippen molar-refractivity contribution >= 4 is 18.0 Å². The molecule has 0 heterocycles. The summed E-state index contributed by atoms with van der Waals surface area (Å²) in [6.45, 7) is 13.0. The summed E-state index contributed by atoms with van der Waals surface area (Å²) in [7, 11) is 1.56. The Morgan fingerprint density at radius 2 is 1.92 bits per heavy atom. The number of carbonyl (C=O) groups is 2. The van der Waals surface area contributed by atoms with E-state index in [1.54, 1.807) is 38.3 Å². The maximum atomic E-state index is 12.0. The second-order valence-electron chi connectivity index (χ2n) is 5.20. The molecule has 1 N–H and O–H groups in total. The summed E-state index contributed by atoms with van der Waals surface area (Å²) < 4.78 is 15.2. The molecule has 1 aromatic rings. The number of nitrogens with zero attached hydrogens (tertiary/aromatic N) is 1. The highest BCUT2D eigenvalue weighted by atomic mass is 16.6. The second-order valence-corrected chi connectivity index (χ2v) is 5.20. The Bertz CT molecular complexity index is 702. The van der Waals surface area contributed by atoms with E-state index in [9.17, 15) is 9.59 Å². The van der Waals surface area contributed by atoms with Crippen molar-refractivity contribution in [2.45, 2.75) is 6.92 Å². The van der Waals surface area contributed by atoms with Crippen LogP contribution in [0.4, 0.5) is 0 Å². The van der Waals surface area contributed by atoms with Crippen LogP contribution in [0.15, 0.2) is 42.1 Å². The van der Waals surface area contributed by atoms with Crippen molar-refractivity contribution in [3.05, 3.63) is 59.1 Å². The Balaban J connectivity index is 2.34. The highest BCUT2D eigenvalue weighted by molar-refractivity contribution is 5.99. The lowest BCUT2D eigenvalue weighted by Gasteiger charge is -2.07. The zero-order valence-corrected chi connectivity index (χ0v) is 14.9. The van der Waals surface area contributed by atoms with Crippen LogP contribution in [0.2, 0.25) is 0 Å². The summed E-state index contributed by atoms with van der Waals surface area (Å²) in [6.07, 6.45) is 1.50. The molecule has 0 aromatic heterocycles. The molecule has 0 saturated carbocycles. The van der Waals surface area contributed by atoms with Crippen LogP contribution in [0.1, 0.15) is 12.5 Å². The van der Waals surface area contributed by atoms with Crippen LogP contribution in [-0.2, 0) is 19.1 Å². The number of esters is 1. The number of carbonyl (C=O) groups excluding carboxylic acids is 2. The molecule has 0 aliphatic rings. The number of rotatable bonds is 10. The first kappa shape index (κ1) is 20.9. The second kappa shape index (κ2) is 11.4. The van der Waals surface area contributed by atoms with E-state index in [-0.39, 0.29) is 32.1 Å². The zero-order valence-electron chi connectivity index (χ0n) is 14.9. The third kappa shape index (κ3) is 7.64. The predicted molar refractivity (Wildman–Crippen MR) is 97.2 cm³/mol. The molecule has 0 aliphatic carbocycles. The van der Waals surface area contributed by atoms with E-state index in [0.29, 0.717) is 11.3 Å². The molecule has 7 heteroatoms. The molecule has 1 amide bonds. The minimum absolute atomic E-state index is 0.0226. The fourth-order valence-electron chi connectivity index (χ4n) is 1.75. The number of hydrogen-bond donors (Lipinski definition) is 1. The van der Waals surface area contributed by atoms with Crippen LogP contribution < -0.4 is 10.1 Å². The average molecular weight is 358 g/mol. The fraction of sp³-hybridized carbons (Fsp3) is 0.316. The third-order valence-electron chi connectivity index (χ3n) is 3.11. The molecule has 0 saturated heterocycles. The lowest BCUT2D eigenvalue weighted by atomic mass is 10.2. The van der Waals surface area contributed by atoms with Gasteiger partial charge in [-0.05, 0) is 30.7 Å². The van der Waals surface area contributed by atoms with E-state index in [4.69, 9.17) is 20.8 Å². The maximum Gasteiger partial charge on any atom is 0.333 e. The first-order valence-electron chi connectivity index (χ1n) is 7.89. The number of methoxy groups -OCH3 is 1. The quantitative estimate of drug-likeness (QED) is 0.300. The summed E-state index contributed by atoms with van der Waals surface area (Å²) in [5, 5.41) is 2.60. The van der Waals surface area contributed by atoms with Gasteiger partial charge in [0.2, 0.25) is 5.91 Å². The van der Waals surface area contributed by atoms with E-state index in [1.807, 2.05) is 0 Å². The van der Waals surface area contributed by atoms with Gasteiger partial charge in [0.15, 0.2) is 0 Å². The Hall–Kier alpha value is -3.11. The molecule has 0 spiro atoms. The van der Waals surface area contributed by atoms with E-state index >= 15 is 0 Å². The van der Waals surface area contributed by atoms with Crippen LogP contribution >= 0.6 is 0 Å². The molecular formula is C19H22N2O5. The summed E-state index contributed by atoms with van der Waals surface area (Å²) in [5.74, 6) is -0.248. The fourth-order valence-corrected chi connectivity index (χ4v) is 1.75. The Morgan fingerprint density at radius 3 is 2.50 bits per heavy atom. The Morgan fingerprint density at radius 1 is 1.23 bits per heavy atom. The van der Waals surface area contributed by atoms with Crippen molar-refractivity contribution in [2.24, 2.45) is 0 Å². The molecule has 1 rings (SSSR count). The van der Waals surface area contributed by atoms with Gasteiger partial charge >= 0.3 is 5.97 Å². The molecular weight excluding hydrogens is 336 g/mol. The van der Waals surface area contributed by atoms with Gasteiger partial charge in [-0.25, -0.2) is 9.64 Å². The number of amides is 1. The normalized spacial score (nSPS) is 10.6. The van der Waals surface area contributed by atoms with Gasteiger partial charge in [-0.1, -0.05) is 18.7 Å². The third-order valence-corrected chi connectivity index (χ3v) is 3.11. The van der Waals surface area contributed by atoms with Gasteiger partial charge in [-0.15, -0.1) is 0 Å². The largest absolute Gasteiger partial charge is 0.497 e. The van der Waals surface area contributed by atoms with Crippen LogP contribution in [0, 0.1) is 6.57 Å². The molecule has 0 fully saturated rings. The average Bonchev–Trinajstić information content (AvgIpc) is 2.65. The standard InChI is InChI=1S/C19H22N2O5/c1-14(2)19(23)26-12-11-25-10-9-21-18(22)17(20-3)13-15-5-7-16(24-4)8-6-15/h5-8,13H,1,9-12H2,2,4H3,(H,21,22). The number of benzene rings is 1. The molecule has 1 aromatic carbocycles. The smallest absolute Gasteiger partial charge is 0.333 e. The van der Waals surface area contributed by atoms with E-state index in [1.165, 1.54) is 6.08 Å². The lowest BCUT2D eigenvalue weighted by molar-refractivity contribution is -0.140. The Kier molecular flexibility index (Phi) is 9.22. The number of hydrogen-bond acceptors (Lipinski definition) is 5. The minimum atomic E-state index is -0.479. The predicted octanol–water partition coefficient (Wildman–Crippen LogP) is 2.21. The minimum Gasteiger partial charge on any atom is -0.497 e. The first-order valence-corrected chi connectivity index (χ1v) is 7.89. The maximum absolute atomic E-state index is 12.0. The molecule has 0 unspecified atom stereocenters. The molecule has 0 aliphatic heterocycles. The van der Waals surface area contributed by atoms with E-state index < -0.39 is 11.9 Å². The SMILES string of the molecule is [C-]#[N+]C(=Cc1ccc(OC)cc1)C(=O)NCCOCCOC(=O)C(=C)C. The van der Waals surface area contributed by atoms with Gasteiger partial charge in [0.25, 0.3) is 5.70 Å². The summed E-state index contributed by atoms with van der Waals surface area (Å²) >= 11 is 0. The van der Waals surface area contributed by atoms with Gasteiger partial charge in [0, 0.05) is 12.1 Å². The molecule has 0 radical (unpaired) electrons. The molecule has 138 valence electrons. The van der Waals surface area contributed by atoms with Gasteiger partial charge < -0.3 is 19.5 Å². The molecule has 26 heavy (non-hydrogen) atoms. The van der Waals surface area contributed by atoms with Gasteiger partial charge in [0.05, 0.1) is 26.9 Å². The Labute approximate surface area is 153 Å². The van der Waals surface area contributed by atoms with Crippen molar-refractivity contribution in [3.8, 4) is 5.75 Å². The molecule has 7 nitrogen and oxygen atoms in total. The van der Waals surface area contributed by atoms with Gasteiger partial charge in [0.1, 0.15) is 12.4 Å². The highest BCUT2D eigenvalue weighted by Gasteiger charge is 2.09. The van der Waals surface area contributed by atoms with E-state index in [2.05, 4.69) is 16.7 Å². The lowest BCUT2D eigenvalue weighted by Crippen LogP contribution is -2.28. The van der Waals surface area contributed by atoms with Crippen molar-refractivity contribution in [1.29, 1.82) is 0 Å². The monoisotopic (exact) mass is 358 g/mol. The summed E-state index contributed by atoms with van der Waals surface area (Å²) in [5.41, 5.74) is 1.03. The molecule has 0 atom stereocenters. The summed E-state index contributed by atoms with van der Waals surface area (Å²) in [6, 6.07) is 7.01. The van der Waals surface area contributed by atoms with Crippen LogP contribution in [-0.4, -0.2) is 45.4 Å². The van der Waals surface area contributed by atoms with Crippen molar-refractivity contribution < 1.29 is 23.8 Å².